The van der Waals surface area contributed by atoms with E-state index >= 15 is 0 Å². The third-order valence-corrected chi connectivity index (χ3v) is 3.81. The van der Waals surface area contributed by atoms with Crippen LogP contribution in [0.3, 0.4) is 0 Å². The average Bonchev–Trinajstić information content (AvgIpc) is 2.98. The van der Waals surface area contributed by atoms with Gasteiger partial charge in [0, 0.05) is 18.2 Å². The molecule has 0 radical (unpaired) electrons. The molecule has 24 heavy (non-hydrogen) atoms. The van der Waals surface area contributed by atoms with Gasteiger partial charge in [-0.25, -0.2) is 8.78 Å². The summed E-state index contributed by atoms with van der Waals surface area (Å²) in [6.45, 7) is 2.58. The summed E-state index contributed by atoms with van der Waals surface area (Å²) in [6.07, 6.45) is 0.371. The molecule has 0 bridgehead atoms. The summed E-state index contributed by atoms with van der Waals surface area (Å²) >= 11 is 0. The molecule has 126 valence electrons. The van der Waals surface area contributed by atoms with Gasteiger partial charge in [-0.1, -0.05) is 0 Å². The number of hydrogen-bond donors (Lipinski definition) is 0. The highest BCUT2D eigenvalue weighted by molar-refractivity contribution is 5.96. The molecular formula is C18H17F2NO3. The van der Waals surface area contributed by atoms with Gasteiger partial charge in [-0.15, -0.1) is 0 Å². The Labute approximate surface area is 138 Å². The van der Waals surface area contributed by atoms with Crippen LogP contribution in [0.15, 0.2) is 36.4 Å². The number of nitrogens with zero attached hydrogens (tertiary/aromatic N) is 1. The van der Waals surface area contributed by atoms with Gasteiger partial charge in [0.05, 0.1) is 12.3 Å². The summed E-state index contributed by atoms with van der Waals surface area (Å²) < 4.78 is 37.9. The molecule has 0 aliphatic carbocycles. The summed E-state index contributed by atoms with van der Waals surface area (Å²) in [6, 6.07) is 8.92. The van der Waals surface area contributed by atoms with Crippen LogP contribution in [0.4, 0.5) is 14.5 Å². The van der Waals surface area contributed by atoms with Crippen LogP contribution in [-0.2, 0) is 11.2 Å². The molecule has 0 saturated heterocycles. The number of fused-ring (bicyclic) bond motifs is 1. The molecule has 0 N–H and O–H groups in total. The SMILES string of the molecule is CCOc1ccc(OCC(=O)N2CCc3c(F)cc(F)cc32)cc1. The fraction of sp³-hybridized carbons (Fsp3) is 0.278. The molecule has 0 fully saturated rings. The van der Waals surface area contributed by atoms with E-state index in [1.54, 1.807) is 24.3 Å². The highest BCUT2D eigenvalue weighted by Crippen LogP contribution is 2.31. The second-order valence-corrected chi connectivity index (χ2v) is 5.37. The molecule has 2 aromatic rings. The predicted octanol–water partition coefficient (Wildman–Crippen LogP) is 3.33. The first-order valence-corrected chi connectivity index (χ1v) is 7.72. The monoisotopic (exact) mass is 333 g/mol. The van der Waals surface area contributed by atoms with Crippen LogP contribution in [0.5, 0.6) is 11.5 Å². The molecule has 3 rings (SSSR count). The van der Waals surface area contributed by atoms with Crippen molar-refractivity contribution < 1.29 is 23.0 Å². The van der Waals surface area contributed by atoms with Crippen molar-refractivity contribution in [3.8, 4) is 11.5 Å². The predicted molar refractivity (Wildman–Crippen MR) is 85.5 cm³/mol. The fourth-order valence-electron chi connectivity index (χ4n) is 2.70. The van der Waals surface area contributed by atoms with Crippen molar-refractivity contribution in [2.75, 3.05) is 24.7 Å². The van der Waals surface area contributed by atoms with Crippen LogP contribution in [-0.4, -0.2) is 25.7 Å². The minimum absolute atomic E-state index is 0.203. The number of benzene rings is 2. The van der Waals surface area contributed by atoms with Gasteiger partial charge in [0.25, 0.3) is 5.91 Å². The Kier molecular flexibility index (Phi) is 4.64. The van der Waals surface area contributed by atoms with E-state index in [9.17, 15) is 13.6 Å². The number of amides is 1. The van der Waals surface area contributed by atoms with Crippen LogP contribution in [0.2, 0.25) is 0 Å². The van der Waals surface area contributed by atoms with Gasteiger partial charge in [-0.3, -0.25) is 4.79 Å². The Morgan fingerprint density at radius 1 is 1.12 bits per heavy atom. The smallest absolute Gasteiger partial charge is 0.264 e. The Morgan fingerprint density at radius 3 is 2.46 bits per heavy atom. The molecule has 1 aliphatic heterocycles. The Bertz CT molecular complexity index is 747. The van der Waals surface area contributed by atoms with E-state index in [4.69, 9.17) is 9.47 Å². The molecule has 1 aliphatic rings. The van der Waals surface area contributed by atoms with Crippen molar-refractivity contribution in [1.29, 1.82) is 0 Å². The Hall–Kier alpha value is -2.63. The van der Waals surface area contributed by atoms with Crippen molar-refractivity contribution in [3.05, 3.63) is 53.6 Å². The van der Waals surface area contributed by atoms with Gasteiger partial charge in [-0.05, 0) is 43.7 Å². The molecule has 2 aromatic carbocycles. The molecule has 1 amide bonds. The number of hydrogen-bond acceptors (Lipinski definition) is 3. The second-order valence-electron chi connectivity index (χ2n) is 5.37. The van der Waals surface area contributed by atoms with E-state index in [-0.39, 0.29) is 18.2 Å². The third-order valence-electron chi connectivity index (χ3n) is 3.81. The first-order chi connectivity index (χ1) is 11.6. The maximum atomic E-state index is 13.7. The summed E-state index contributed by atoms with van der Waals surface area (Å²) in [4.78, 5) is 13.7. The molecule has 0 aromatic heterocycles. The summed E-state index contributed by atoms with van der Waals surface area (Å²) in [5, 5.41) is 0. The molecule has 1 heterocycles. The number of halogens is 2. The average molecular weight is 333 g/mol. The quantitative estimate of drug-likeness (QED) is 0.842. The number of ether oxygens (including phenoxy) is 2. The van der Waals surface area contributed by atoms with Crippen molar-refractivity contribution in [3.63, 3.8) is 0 Å². The van der Waals surface area contributed by atoms with Crippen molar-refractivity contribution >= 4 is 11.6 Å². The lowest BCUT2D eigenvalue weighted by Crippen LogP contribution is -2.33. The number of anilines is 1. The normalized spacial score (nSPS) is 12.9. The maximum absolute atomic E-state index is 13.7. The minimum atomic E-state index is -0.696. The highest BCUT2D eigenvalue weighted by Gasteiger charge is 2.28. The molecule has 4 nitrogen and oxygen atoms in total. The number of carbonyl (C=O) groups excluding carboxylic acids is 1. The molecule has 0 saturated carbocycles. The van der Waals surface area contributed by atoms with Gasteiger partial charge in [0.2, 0.25) is 0 Å². The summed E-state index contributed by atoms with van der Waals surface area (Å²) in [5.74, 6) is -0.411. The van der Waals surface area contributed by atoms with Gasteiger partial charge < -0.3 is 14.4 Å². The van der Waals surface area contributed by atoms with E-state index in [2.05, 4.69) is 0 Å². The largest absolute Gasteiger partial charge is 0.494 e. The van der Waals surface area contributed by atoms with Crippen LogP contribution in [0.1, 0.15) is 12.5 Å². The van der Waals surface area contributed by atoms with Crippen molar-refractivity contribution in [1.82, 2.24) is 0 Å². The zero-order valence-corrected chi connectivity index (χ0v) is 13.2. The second kappa shape index (κ2) is 6.86. The minimum Gasteiger partial charge on any atom is -0.494 e. The van der Waals surface area contributed by atoms with Crippen LogP contribution < -0.4 is 14.4 Å². The summed E-state index contributed by atoms with van der Waals surface area (Å²) in [7, 11) is 0. The van der Waals surface area contributed by atoms with Crippen LogP contribution in [0.25, 0.3) is 0 Å². The molecule has 0 atom stereocenters. The van der Waals surface area contributed by atoms with E-state index in [0.717, 1.165) is 11.8 Å². The number of rotatable bonds is 5. The maximum Gasteiger partial charge on any atom is 0.264 e. The lowest BCUT2D eigenvalue weighted by Gasteiger charge is -2.18. The van der Waals surface area contributed by atoms with Gasteiger partial charge in [-0.2, -0.15) is 0 Å². The Morgan fingerprint density at radius 2 is 1.79 bits per heavy atom. The lowest BCUT2D eigenvalue weighted by molar-refractivity contribution is -0.120. The van der Waals surface area contributed by atoms with Gasteiger partial charge in [0.15, 0.2) is 6.61 Å². The first kappa shape index (κ1) is 16.2. The first-order valence-electron chi connectivity index (χ1n) is 7.72. The van der Waals surface area contributed by atoms with Crippen molar-refractivity contribution in [2.24, 2.45) is 0 Å². The fourth-order valence-corrected chi connectivity index (χ4v) is 2.70. The van der Waals surface area contributed by atoms with Crippen LogP contribution in [0, 0.1) is 11.6 Å². The topological polar surface area (TPSA) is 38.8 Å². The third kappa shape index (κ3) is 3.32. The van der Waals surface area contributed by atoms with E-state index in [0.29, 0.717) is 30.9 Å². The molecular weight excluding hydrogens is 316 g/mol. The molecule has 6 heteroatoms. The van der Waals surface area contributed by atoms with E-state index < -0.39 is 11.6 Å². The lowest BCUT2D eigenvalue weighted by atomic mass is 10.1. The zero-order valence-electron chi connectivity index (χ0n) is 13.2. The highest BCUT2D eigenvalue weighted by atomic mass is 19.1. The molecule has 0 spiro atoms. The van der Waals surface area contributed by atoms with Crippen LogP contribution >= 0.6 is 0 Å². The molecule has 0 unspecified atom stereocenters. The Balaban J connectivity index is 1.65. The standard InChI is InChI=1S/C18H17F2NO3/c1-2-23-13-3-5-14(6-4-13)24-11-18(22)21-8-7-15-16(20)9-12(19)10-17(15)21/h3-6,9-10H,2,7-8,11H2,1H3. The summed E-state index contributed by atoms with van der Waals surface area (Å²) in [5.41, 5.74) is 0.651. The van der Waals surface area contributed by atoms with Gasteiger partial charge in [0.1, 0.15) is 23.1 Å². The number of carbonyl (C=O) groups is 1. The van der Waals surface area contributed by atoms with Crippen molar-refractivity contribution in [2.45, 2.75) is 13.3 Å². The van der Waals surface area contributed by atoms with E-state index in [1.807, 2.05) is 6.92 Å². The van der Waals surface area contributed by atoms with E-state index in [1.165, 1.54) is 11.0 Å². The van der Waals surface area contributed by atoms with Gasteiger partial charge >= 0.3 is 0 Å². The zero-order chi connectivity index (χ0) is 17.1.